The molecule has 1 fully saturated rings. The number of likely N-dealkylation sites (tertiary alicyclic amines) is 1. The molecule has 0 aromatic carbocycles. The number of β-amino-alcohol motifs (C(OH)–C–C–N with tert-alkyl or cyclic N) is 1. The van der Waals surface area contributed by atoms with Crippen molar-refractivity contribution in [1.29, 1.82) is 0 Å². The lowest BCUT2D eigenvalue weighted by Crippen LogP contribution is -2.49. The summed E-state index contributed by atoms with van der Waals surface area (Å²) >= 11 is 0. The summed E-state index contributed by atoms with van der Waals surface area (Å²) in [5, 5.41) is 16.8. The fourth-order valence-corrected chi connectivity index (χ4v) is 2.82. The van der Waals surface area contributed by atoms with Crippen LogP contribution in [0, 0.1) is 5.92 Å². The Labute approximate surface area is 131 Å². The summed E-state index contributed by atoms with van der Waals surface area (Å²) in [5.74, 6) is 1.33. The number of aromatic nitrogens is 1. The molecule has 2 unspecified atom stereocenters. The number of nitrogens with one attached hydrogen (secondary N) is 1. The quantitative estimate of drug-likeness (QED) is 0.876. The minimum atomic E-state index is -0.439. The van der Waals surface area contributed by atoms with Gasteiger partial charge in [0.25, 0.3) is 0 Å². The first-order valence-corrected chi connectivity index (χ1v) is 8.21. The molecule has 124 valence electrons. The minimum absolute atomic E-state index is 0.161. The van der Waals surface area contributed by atoms with Gasteiger partial charge in [-0.05, 0) is 25.2 Å². The maximum Gasteiger partial charge on any atom is 0.317 e. The van der Waals surface area contributed by atoms with Crippen molar-refractivity contribution in [3.63, 3.8) is 0 Å². The monoisotopic (exact) mass is 309 g/mol. The van der Waals surface area contributed by atoms with Crippen LogP contribution in [0.25, 0.3) is 0 Å². The first kappa shape index (κ1) is 16.8. The molecule has 0 spiro atoms. The molecule has 2 heterocycles. The highest BCUT2D eigenvalue weighted by atomic mass is 16.5. The standard InChI is InChI=1S/C16H27N3O3/c1-4-12(5-2)14-8-13(22-18-14)9-17-16(21)19-7-6-11(3)15(20)10-19/h8,11-12,15,20H,4-7,9-10H2,1-3H3,(H,17,21). The van der Waals surface area contributed by atoms with Crippen molar-refractivity contribution < 1.29 is 14.4 Å². The Kier molecular flexibility index (Phi) is 5.83. The van der Waals surface area contributed by atoms with E-state index in [2.05, 4.69) is 24.3 Å². The molecule has 22 heavy (non-hydrogen) atoms. The number of aliphatic hydroxyl groups is 1. The number of rotatable bonds is 5. The Morgan fingerprint density at radius 3 is 2.91 bits per heavy atom. The fourth-order valence-electron chi connectivity index (χ4n) is 2.82. The predicted molar refractivity (Wildman–Crippen MR) is 83.4 cm³/mol. The van der Waals surface area contributed by atoms with E-state index in [-0.39, 0.29) is 11.9 Å². The van der Waals surface area contributed by atoms with Gasteiger partial charge in [-0.15, -0.1) is 0 Å². The van der Waals surface area contributed by atoms with Crippen LogP contribution in [0.3, 0.4) is 0 Å². The van der Waals surface area contributed by atoms with Crippen LogP contribution in [-0.2, 0) is 6.54 Å². The number of aliphatic hydroxyl groups excluding tert-OH is 1. The van der Waals surface area contributed by atoms with Crippen molar-refractivity contribution in [2.75, 3.05) is 13.1 Å². The minimum Gasteiger partial charge on any atom is -0.391 e. The average Bonchev–Trinajstić information content (AvgIpc) is 2.97. The molecule has 0 aliphatic carbocycles. The maximum atomic E-state index is 12.1. The third-order valence-electron chi connectivity index (χ3n) is 4.60. The molecule has 2 amide bonds. The van der Waals surface area contributed by atoms with Gasteiger partial charge in [0.2, 0.25) is 0 Å². The Bertz CT molecular complexity index is 485. The van der Waals surface area contributed by atoms with Crippen molar-refractivity contribution in [3.05, 3.63) is 17.5 Å². The van der Waals surface area contributed by atoms with Crippen LogP contribution in [0.4, 0.5) is 4.79 Å². The molecule has 1 aliphatic heterocycles. The third kappa shape index (κ3) is 4.00. The lowest BCUT2D eigenvalue weighted by atomic mass is 9.96. The molecule has 1 aromatic heterocycles. The van der Waals surface area contributed by atoms with Gasteiger partial charge in [-0.3, -0.25) is 0 Å². The molecule has 1 aromatic rings. The molecule has 2 N–H and O–H groups in total. The van der Waals surface area contributed by atoms with Crippen LogP contribution in [-0.4, -0.2) is 40.4 Å². The molecule has 0 bridgehead atoms. The van der Waals surface area contributed by atoms with Gasteiger partial charge in [0.1, 0.15) is 0 Å². The molecule has 6 nitrogen and oxygen atoms in total. The number of carbonyl (C=O) groups is 1. The maximum absolute atomic E-state index is 12.1. The Morgan fingerprint density at radius 2 is 2.27 bits per heavy atom. The van der Waals surface area contributed by atoms with Gasteiger partial charge < -0.3 is 19.8 Å². The van der Waals surface area contributed by atoms with Crippen LogP contribution >= 0.6 is 0 Å². The Morgan fingerprint density at radius 1 is 1.55 bits per heavy atom. The molecule has 0 radical (unpaired) electrons. The summed E-state index contributed by atoms with van der Waals surface area (Å²) in [4.78, 5) is 13.8. The van der Waals surface area contributed by atoms with Crippen LogP contribution < -0.4 is 5.32 Å². The molecular weight excluding hydrogens is 282 g/mol. The van der Waals surface area contributed by atoms with E-state index in [1.807, 2.05) is 13.0 Å². The zero-order chi connectivity index (χ0) is 16.1. The van der Waals surface area contributed by atoms with Crippen molar-refractivity contribution >= 4 is 6.03 Å². The van der Waals surface area contributed by atoms with E-state index >= 15 is 0 Å². The van der Waals surface area contributed by atoms with E-state index in [0.717, 1.165) is 25.0 Å². The third-order valence-corrected chi connectivity index (χ3v) is 4.60. The summed E-state index contributed by atoms with van der Waals surface area (Å²) < 4.78 is 5.29. The van der Waals surface area contributed by atoms with E-state index in [0.29, 0.717) is 31.3 Å². The van der Waals surface area contributed by atoms with Gasteiger partial charge in [-0.2, -0.15) is 0 Å². The Balaban J connectivity index is 1.84. The Hall–Kier alpha value is -1.56. The summed E-state index contributed by atoms with van der Waals surface area (Å²) in [6, 6.07) is 1.76. The van der Waals surface area contributed by atoms with E-state index < -0.39 is 6.10 Å². The second-order valence-corrected chi connectivity index (χ2v) is 6.17. The largest absolute Gasteiger partial charge is 0.391 e. The van der Waals surface area contributed by atoms with Crippen molar-refractivity contribution in [2.24, 2.45) is 5.92 Å². The highest BCUT2D eigenvalue weighted by molar-refractivity contribution is 5.74. The number of hydrogen-bond acceptors (Lipinski definition) is 4. The molecule has 1 saturated heterocycles. The second-order valence-electron chi connectivity index (χ2n) is 6.17. The lowest BCUT2D eigenvalue weighted by Gasteiger charge is -2.34. The fraction of sp³-hybridized carbons (Fsp3) is 0.750. The van der Waals surface area contributed by atoms with E-state index in [1.54, 1.807) is 4.90 Å². The van der Waals surface area contributed by atoms with Crippen molar-refractivity contribution in [3.8, 4) is 0 Å². The number of hydrogen-bond donors (Lipinski definition) is 2. The lowest BCUT2D eigenvalue weighted by molar-refractivity contribution is 0.0434. The zero-order valence-electron chi connectivity index (χ0n) is 13.7. The number of amides is 2. The number of urea groups is 1. The van der Waals surface area contributed by atoms with Gasteiger partial charge in [-0.1, -0.05) is 25.9 Å². The number of nitrogens with zero attached hydrogens (tertiary/aromatic N) is 2. The van der Waals surface area contributed by atoms with Crippen LogP contribution in [0.1, 0.15) is 57.4 Å². The second kappa shape index (κ2) is 7.63. The van der Waals surface area contributed by atoms with Gasteiger partial charge in [0, 0.05) is 25.1 Å². The molecule has 0 saturated carbocycles. The first-order valence-electron chi connectivity index (χ1n) is 8.21. The van der Waals surface area contributed by atoms with Gasteiger partial charge >= 0.3 is 6.03 Å². The molecule has 2 atom stereocenters. The topological polar surface area (TPSA) is 78.6 Å². The van der Waals surface area contributed by atoms with Gasteiger partial charge in [0.05, 0.1) is 18.3 Å². The van der Waals surface area contributed by atoms with Crippen LogP contribution in [0.15, 0.2) is 10.6 Å². The van der Waals surface area contributed by atoms with Crippen LogP contribution in [0.2, 0.25) is 0 Å². The molecular formula is C16H27N3O3. The summed E-state index contributed by atoms with van der Waals surface area (Å²) in [5.41, 5.74) is 0.955. The van der Waals surface area contributed by atoms with E-state index in [4.69, 9.17) is 4.52 Å². The van der Waals surface area contributed by atoms with Crippen molar-refractivity contribution in [2.45, 2.75) is 58.6 Å². The average molecular weight is 309 g/mol. The highest BCUT2D eigenvalue weighted by Gasteiger charge is 2.27. The first-order chi connectivity index (χ1) is 10.5. The molecule has 6 heteroatoms. The number of carbonyl (C=O) groups excluding carboxylic acids is 1. The molecule has 1 aliphatic rings. The van der Waals surface area contributed by atoms with E-state index in [9.17, 15) is 9.90 Å². The van der Waals surface area contributed by atoms with Crippen LogP contribution in [0.5, 0.6) is 0 Å². The van der Waals surface area contributed by atoms with Crippen molar-refractivity contribution in [1.82, 2.24) is 15.4 Å². The predicted octanol–water partition coefficient (Wildman–Crippen LogP) is 2.49. The smallest absolute Gasteiger partial charge is 0.317 e. The summed E-state index contributed by atoms with van der Waals surface area (Å²) in [6.07, 6.45) is 2.44. The summed E-state index contributed by atoms with van der Waals surface area (Å²) in [7, 11) is 0. The molecule has 2 rings (SSSR count). The summed E-state index contributed by atoms with van der Waals surface area (Å²) in [6.45, 7) is 7.67. The van der Waals surface area contributed by atoms with Gasteiger partial charge in [-0.25, -0.2) is 4.79 Å². The van der Waals surface area contributed by atoms with Gasteiger partial charge in [0.15, 0.2) is 5.76 Å². The van der Waals surface area contributed by atoms with E-state index in [1.165, 1.54) is 0 Å². The number of piperidine rings is 1. The normalized spacial score (nSPS) is 22.1. The SMILES string of the molecule is CCC(CC)c1cc(CNC(=O)N2CCC(C)C(O)C2)on1. The highest BCUT2D eigenvalue weighted by Crippen LogP contribution is 2.22. The zero-order valence-corrected chi connectivity index (χ0v) is 13.7.